The van der Waals surface area contributed by atoms with Crippen LogP contribution in [0.15, 0.2) is 18.2 Å². The Hall–Kier alpha value is -1.75. The predicted octanol–water partition coefficient (Wildman–Crippen LogP) is 1.25. The van der Waals surface area contributed by atoms with Crippen molar-refractivity contribution in [2.45, 2.75) is 6.92 Å². The van der Waals surface area contributed by atoms with Crippen LogP contribution in [-0.4, -0.2) is 42.0 Å². The van der Waals surface area contributed by atoms with Crippen molar-refractivity contribution in [3.63, 3.8) is 0 Å². The molecule has 6 heteroatoms. The van der Waals surface area contributed by atoms with Crippen molar-refractivity contribution in [3.05, 3.63) is 28.8 Å². The molecule has 0 radical (unpaired) electrons. The molecule has 0 heterocycles. The topological polar surface area (TPSA) is 69.6 Å². The Morgan fingerprint density at radius 2 is 2.11 bits per heavy atom. The number of nitrogens with zero attached hydrogens (tertiary/aromatic N) is 1. The van der Waals surface area contributed by atoms with E-state index < -0.39 is 5.91 Å². The van der Waals surface area contributed by atoms with E-state index in [0.717, 1.165) is 0 Å². The maximum Gasteiger partial charge on any atom is 0.258 e. The largest absolute Gasteiger partial charge is 0.507 e. The van der Waals surface area contributed by atoms with Gasteiger partial charge in [-0.3, -0.25) is 9.59 Å². The van der Waals surface area contributed by atoms with Gasteiger partial charge in [0.1, 0.15) is 5.75 Å². The third-order valence-corrected chi connectivity index (χ3v) is 2.71. The van der Waals surface area contributed by atoms with Crippen molar-refractivity contribution < 1.29 is 14.7 Å². The van der Waals surface area contributed by atoms with Gasteiger partial charge in [-0.15, -0.1) is 0 Å². The van der Waals surface area contributed by atoms with Crippen molar-refractivity contribution in [3.8, 4) is 5.75 Å². The molecule has 0 unspecified atom stereocenters. The maximum absolute atomic E-state index is 12.1. The fourth-order valence-electron chi connectivity index (χ4n) is 1.44. The number of rotatable bonds is 4. The van der Waals surface area contributed by atoms with Crippen molar-refractivity contribution >= 4 is 23.4 Å². The van der Waals surface area contributed by atoms with Gasteiger partial charge in [0.15, 0.2) is 0 Å². The molecule has 0 saturated carbocycles. The van der Waals surface area contributed by atoms with E-state index in [4.69, 9.17) is 11.6 Å². The Kier molecular flexibility index (Phi) is 4.97. The summed E-state index contributed by atoms with van der Waals surface area (Å²) in [5, 5.41) is 12.5. The summed E-state index contributed by atoms with van der Waals surface area (Å²) in [6.07, 6.45) is 0. The van der Waals surface area contributed by atoms with Crippen LogP contribution in [0.2, 0.25) is 5.02 Å². The van der Waals surface area contributed by atoms with Crippen molar-refractivity contribution in [2.75, 3.05) is 20.1 Å². The molecule has 98 valence electrons. The lowest BCUT2D eigenvalue weighted by atomic mass is 10.1. The quantitative estimate of drug-likeness (QED) is 0.865. The summed E-state index contributed by atoms with van der Waals surface area (Å²) in [4.78, 5) is 24.7. The van der Waals surface area contributed by atoms with E-state index in [1.807, 2.05) is 0 Å². The van der Waals surface area contributed by atoms with Crippen LogP contribution in [0.4, 0.5) is 0 Å². The molecule has 2 N–H and O–H groups in total. The third kappa shape index (κ3) is 3.37. The van der Waals surface area contributed by atoms with Gasteiger partial charge in [-0.2, -0.15) is 0 Å². The normalized spacial score (nSPS) is 9.94. The lowest BCUT2D eigenvalue weighted by molar-refractivity contribution is -0.121. The predicted molar refractivity (Wildman–Crippen MR) is 68.8 cm³/mol. The van der Waals surface area contributed by atoms with Crippen LogP contribution in [-0.2, 0) is 4.79 Å². The van der Waals surface area contributed by atoms with Gasteiger partial charge in [-0.1, -0.05) is 11.6 Å². The Bertz CT molecular complexity index is 463. The molecular weight excluding hydrogens is 256 g/mol. The van der Waals surface area contributed by atoms with Crippen LogP contribution in [0.5, 0.6) is 5.75 Å². The van der Waals surface area contributed by atoms with Gasteiger partial charge in [0.05, 0.1) is 12.1 Å². The summed E-state index contributed by atoms with van der Waals surface area (Å²) in [6.45, 7) is 2.08. The molecule has 0 spiro atoms. The smallest absolute Gasteiger partial charge is 0.258 e. The molecule has 18 heavy (non-hydrogen) atoms. The molecule has 0 bridgehead atoms. The number of phenols is 1. The molecule has 2 amide bonds. The van der Waals surface area contributed by atoms with Crippen LogP contribution < -0.4 is 5.32 Å². The van der Waals surface area contributed by atoms with Gasteiger partial charge >= 0.3 is 0 Å². The number of likely N-dealkylation sites (N-methyl/N-ethyl adjacent to an activating group) is 2. The molecule has 0 atom stereocenters. The maximum atomic E-state index is 12.1. The molecule has 1 aromatic rings. The molecule has 1 aromatic carbocycles. The highest BCUT2D eigenvalue weighted by Gasteiger charge is 2.19. The zero-order valence-corrected chi connectivity index (χ0v) is 11.0. The highest BCUT2D eigenvalue weighted by Crippen LogP contribution is 2.23. The summed E-state index contributed by atoms with van der Waals surface area (Å²) in [7, 11) is 1.50. The first-order chi connectivity index (χ1) is 8.49. The molecule has 5 nitrogen and oxygen atoms in total. The number of hydrogen-bond acceptors (Lipinski definition) is 3. The molecule has 0 aliphatic rings. The monoisotopic (exact) mass is 270 g/mol. The SMILES string of the molecule is CCN(CC(=O)NC)C(=O)c1ccc(Cl)cc1O. The van der Waals surface area contributed by atoms with E-state index in [2.05, 4.69) is 5.32 Å². The van der Waals surface area contributed by atoms with E-state index >= 15 is 0 Å². The van der Waals surface area contributed by atoms with Gasteiger partial charge in [0, 0.05) is 18.6 Å². The summed E-state index contributed by atoms with van der Waals surface area (Å²) in [5.74, 6) is -0.864. The van der Waals surface area contributed by atoms with E-state index in [1.54, 1.807) is 6.92 Å². The number of nitrogens with one attached hydrogen (secondary N) is 1. The van der Waals surface area contributed by atoms with Crippen LogP contribution in [0.1, 0.15) is 17.3 Å². The minimum atomic E-state index is -0.407. The molecule has 0 aliphatic heterocycles. The number of carbonyl (C=O) groups excluding carboxylic acids is 2. The summed E-state index contributed by atoms with van der Waals surface area (Å²) in [5.41, 5.74) is 0.130. The molecule has 1 rings (SSSR count). The number of halogens is 1. The molecule has 0 fully saturated rings. The highest BCUT2D eigenvalue weighted by atomic mass is 35.5. The second-order valence-electron chi connectivity index (χ2n) is 3.65. The van der Waals surface area contributed by atoms with E-state index in [9.17, 15) is 14.7 Å². The average Bonchev–Trinajstić information content (AvgIpc) is 2.34. The standard InChI is InChI=1S/C12H15ClN2O3/c1-3-15(7-11(17)14-2)12(18)9-5-4-8(13)6-10(9)16/h4-6,16H,3,7H2,1-2H3,(H,14,17). The number of aromatic hydroxyl groups is 1. The van der Waals surface area contributed by atoms with Gasteiger partial charge < -0.3 is 15.3 Å². The first-order valence-corrected chi connectivity index (χ1v) is 5.85. The minimum Gasteiger partial charge on any atom is -0.507 e. The van der Waals surface area contributed by atoms with Gasteiger partial charge in [0.25, 0.3) is 5.91 Å². The van der Waals surface area contributed by atoms with Gasteiger partial charge in [-0.05, 0) is 25.1 Å². The Balaban J connectivity index is 2.93. The zero-order chi connectivity index (χ0) is 13.7. The molecule has 0 saturated heterocycles. The minimum absolute atomic E-state index is 0.0477. The first kappa shape index (κ1) is 14.3. The van der Waals surface area contributed by atoms with Crippen LogP contribution in [0.3, 0.4) is 0 Å². The fourth-order valence-corrected chi connectivity index (χ4v) is 1.60. The average molecular weight is 271 g/mol. The zero-order valence-electron chi connectivity index (χ0n) is 10.2. The van der Waals surface area contributed by atoms with Crippen LogP contribution in [0, 0.1) is 0 Å². The van der Waals surface area contributed by atoms with Gasteiger partial charge in [0.2, 0.25) is 5.91 Å². The summed E-state index contributed by atoms with van der Waals surface area (Å²) >= 11 is 5.69. The second-order valence-corrected chi connectivity index (χ2v) is 4.09. The molecule has 0 aromatic heterocycles. The Labute approximate surface area is 110 Å². The molecule has 0 aliphatic carbocycles. The lowest BCUT2D eigenvalue weighted by Crippen LogP contribution is -2.39. The van der Waals surface area contributed by atoms with E-state index in [1.165, 1.54) is 30.1 Å². The highest BCUT2D eigenvalue weighted by molar-refractivity contribution is 6.30. The van der Waals surface area contributed by atoms with Crippen molar-refractivity contribution in [2.24, 2.45) is 0 Å². The number of benzene rings is 1. The number of phenolic OH excluding ortho intramolecular Hbond substituents is 1. The Morgan fingerprint density at radius 1 is 1.44 bits per heavy atom. The fraction of sp³-hybridized carbons (Fsp3) is 0.333. The third-order valence-electron chi connectivity index (χ3n) is 2.47. The van der Waals surface area contributed by atoms with Crippen molar-refractivity contribution in [1.29, 1.82) is 0 Å². The number of amides is 2. The Morgan fingerprint density at radius 3 is 2.61 bits per heavy atom. The number of carbonyl (C=O) groups is 2. The van der Waals surface area contributed by atoms with E-state index in [-0.39, 0.29) is 23.8 Å². The van der Waals surface area contributed by atoms with Crippen molar-refractivity contribution in [1.82, 2.24) is 10.2 Å². The van der Waals surface area contributed by atoms with Crippen LogP contribution >= 0.6 is 11.6 Å². The summed E-state index contributed by atoms with van der Waals surface area (Å²) < 4.78 is 0. The lowest BCUT2D eigenvalue weighted by Gasteiger charge is -2.20. The second kappa shape index (κ2) is 6.26. The van der Waals surface area contributed by atoms with Gasteiger partial charge in [-0.25, -0.2) is 0 Å². The number of hydrogen-bond donors (Lipinski definition) is 2. The van der Waals surface area contributed by atoms with E-state index in [0.29, 0.717) is 11.6 Å². The van der Waals surface area contributed by atoms with Crippen LogP contribution in [0.25, 0.3) is 0 Å². The summed E-state index contributed by atoms with van der Waals surface area (Å²) in [6, 6.07) is 4.25. The first-order valence-electron chi connectivity index (χ1n) is 5.48. The molecular formula is C12H15ClN2O3.